The predicted molar refractivity (Wildman–Crippen MR) is 167 cm³/mol. The number of carbonyl (C=O) groups is 2. The predicted octanol–water partition coefficient (Wildman–Crippen LogP) is 8.47. The maximum absolute atomic E-state index is 13.6. The number of nitrogens with zero attached hydrogens (tertiary/aromatic N) is 3. The molecule has 0 fully saturated rings. The fourth-order valence-corrected chi connectivity index (χ4v) is 6.40. The van der Waals surface area contributed by atoms with Crippen LogP contribution in [0.4, 0.5) is 15.4 Å². The Bertz CT molecular complexity index is 1510. The lowest BCUT2D eigenvalue weighted by molar-refractivity contribution is 0.0507. The molecule has 8 nitrogen and oxygen atoms in total. The average Bonchev–Trinajstić information content (AvgIpc) is 3.47. The molecular formula is C30H35ClN4O4S2. The van der Waals surface area contributed by atoms with Crippen LogP contribution in [0.15, 0.2) is 47.8 Å². The molecule has 11 heteroatoms. The molecule has 218 valence electrons. The van der Waals surface area contributed by atoms with Gasteiger partial charge < -0.3 is 14.8 Å². The second-order valence-electron chi connectivity index (χ2n) is 11.7. The van der Waals surface area contributed by atoms with Crippen molar-refractivity contribution >= 4 is 62.5 Å². The lowest BCUT2D eigenvalue weighted by atomic mass is 10.0. The number of benzene rings is 1. The zero-order valence-electron chi connectivity index (χ0n) is 24.3. The third kappa shape index (κ3) is 8.18. The van der Waals surface area contributed by atoms with Gasteiger partial charge in [0.1, 0.15) is 11.2 Å². The Balaban J connectivity index is 1.83. The van der Waals surface area contributed by atoms with Crippen LogP contribution < -0.4 is 10.2 Å². The summed E-state index contributed by atoms with van der Waals surface area (Å²) in [4.78, 5) is 38.7. The average molecular weight is 615 g/mol. The number of thiophene rings is 2. The molecule has 4 aromatic rings. The van der Waals surface area contributed by atoms with Gasteiger partial charge in [-0.2, -0.15) is 4.98 Å². The van der Waals surface area contributed by atoms with Crippen molar-refractivity contribution in [3.63, 3.8) is 0 Å². The number of ether oxygens (including phenoxy) is 2. The van der Waals surface area contributed by atoms with Crippen LogP contribution >= 0.6 is 34.3 Å². The molecule has 0 spiro atoms. The number of alkyl carbamates (subject to hydrolysis) is 1. The Morgan fingerprint density at radius 1 is 1.00 bits per heavy atom. The first kappa shape index (κ1) is 30.7. The number of anilines is 1. The molecule has 0 aliphatic carbocycles. The number of halogens is 1. The monoisotopic (exact) mass is 614 g/mol. The molecule has 2 amide bonds. The Morgan fingerprint density at radius 3 is 2.29 bits per heavy atom. The fourth-order valence-electron chi connectivity index (χ4n) is 4.15. The lowest BCUT2D eigenvalue weighted by Crippen LogP contribution is -2.38. The second-order valence-corrected chi connectivity index (χ2v) is 14.1. The number of carbonyl (C=O) groups excluding carboxylic acids is 2. The van der Waals surface area contributed by atoms with Crippen molar-refractivity contribution in [1.82, 2.24) is 15.3 Å². The highest BCUT2D eigenvalue weighted by Crippen LogP contribution is 2.43. The first-order valence-electron chi connectivity index (χ1n) is 13.3. The first-order chi connectivity index (χ1) is 19.2. The summed E-state index contributed by atoms with van der Waals surface area (Å²) in [6, 6.07) is 13.5. The minimum absolute atomic E-state index is 0.0219. The number of nitrogens with one attached hydrogen (secondary N) is 1. The van der Waals surface area contributed by atoms with Gasteiger partial charge in [0, 0.05) is 27.8 Å². The standard InChI is InChI=1S/C30H35ClN4O4S2/c1-18(32-27(36)38-29(2,3)4)16-21-22(19-12-9-8-10-13-19)23-24(41-21)25(34-26(31)33-23)35(17-20-14-11-15-40-20)28(37)39-30(5,6)7/h8-15,18H,16-17H2,1-7H3,(H,32,36). The van der Waals surface area contributed by atoms with Gasteiger partial charge >= 0.3 is 12.2 Å². The van der Waals surface area contributed by atoms with Gasteiger partial charge in [0.25, 0.3) is 0 Å². The molecule has 0 saturated heterocycles. The summed E-state index contributed by atoms with van der Waals surface area (Å²) in [6.45, 7) is 13.1. The van der Waals surface area contributed by atoms with Gasteiger partial charge in [-0.1, -0.05) is 36.4 Å². The number of hydrogen-bond donors (Lipinski definition) is 1. The largest absolute Gasteiger partial charge is 0.444 e. The molecule has 1 aromatic carbocycles. The van der Waals surface area contributed by atoms with Crippen LogP contribution in [-0.2, 0) is 22.4 Å². The maximum atomic E-state index is 13.6. The SMILES string of the molecule is CC(Cc1sc2c(N(Cc3cccs3)C(=O)OC(C)(C)C)nc(Cl)nc2c1-c1ccccc1)NC(=O)OC(C)(C)C. The topological polar surface area (TPSA) is 93.7 Å². The van der Waals surface area contributed by atoms with Crippen LogP contribution in [0.2, 0.25) is 5.28 Å². The Labute approximate surface area is 253 Å². The smallest absolute Gasteiger partial charge is 0.416 e. The highest BCUT2D eigenvalue weighted by Gasteiger charge is 2.30. The van der Waals surface area contributed by atoms with Gasteiger partial charge in [0.15, 0.2) is 5.82 Å². The Morgan fingerprint density at radius 2 is 1.68 bits per heavy atom. The van der Waals surface area contributed by atoms with Crippen LogP contribution in [-0.4, -0.2) is 39.4 Å². The van der Waals surface area contributed by atoms with E-state index in [-0.39, 0.29) is 17.9 Å². The van der Waals surface area contributed by atoms with E-state index in [1.54, 1.807) is 0 Å². The third-order valence-electron chi connectivity index (χ3n) is 5.64. The van der Waals surface area contributed by atoms with Crippen molar-refractivity contribution in [1.29, 1.82) is 0 Å². The highest BCUT2D eigenvalue weighted by molar-refractivity contribution is 7.20. The Kier molecular flexibility index (Phi) is 9.25. The minimum atomic E-state index is -0.709. The molecular weight excluding hydrogens is 580 g/mol. The molecule has 0 aliphatic heterocycles. The van der Waals surface area contributed by atoms with Crippen LogP contribution in [0.1, 0.15) is 58.2 Å². The van der Waals surface area contributed by atoms with Crippen LogP contribution in [0.25, 0.3) is 21.3 Å². The number of rotatable bonds is 7. The summed E-state index contributed by atoms with van der Waals surface area (Å²) in [6.07, 6.45) is -0.514. The van der Waals surface area contributed by atoms with Crippen molar-refractivity contribution in [3.05, 3.63) is 62.9 Å². The van der Waals surface area contributed by atoms with Crippen LogP contribution in [0, 0.1) is 0 Å². The molecule has 0 bridgehead atoms. The molecule has 0 radical (unpaired) electrons. The van der Waals surface area contributed by atoms with E-state index in [0.29, 0.717) is 22.5 Å². The molecule has 1 atom stereocenters. The number of amides is 2. The molecule has 3 heterocycles. The molecule has 1 N–H and O–H groups in total. The van der Waals surface area contributed by atoms with E-state index in [2.05, 4.69) is 15.3 Å². The van der Waals surface area contributed by atoms with Crippen molar-refractivity contribution in [2.45, 2.75) is 78.7 Å². The van der Waals surface area contributed by atoms with Gasteiger partial charge in [-0.15, -0.1) is 22.7 Å². The van der Waals surface area contributed by atoms with E-state index >= 15 is 0 Å². The van der Waals surface area contributed by atoms with Crippen molar-refractivity contribution in [3.8, 4) is 11.1 Å². The normalized spacial score (nSPS) is 12.7. The minimum Gasteiger partial charge on any atom is -0.444 e. The molecule has 3 aromatic heterocycles. The van der Waals surface area contributed by atoms with Gasteiger partial charge in [0.05, 0.1) is 16.8 Å². The summed E-state index contributed by atoms with van der Waals surface area (Å²) in [7, 11) is 0. The molecule has 0 saturated carbocycles. The summed E-state index contributed by atoms with van der Waals surface area (Å²) in [5, 5.41) is 4.91. The highest BCUT2D eigenvalue weighted by atomic mass is 35.5. The van der Waals surface area contributed by atoms with E-state index in [9.17, 15) is 9.59 Å². The van der Waals surface area contributed by atoms with Crippen LogP contribution in [0.3, 0.4) is 0 Å². The third-order valence-corrected chi connectivity index (χ3v) is 7.87. The lowest BCUT2D eigenvalue weighted by Gasteiger charge is -2.26. The van der Waals surface area contributed by atoms with Gasteiger partial charge in [-0.25, -0.2) is 14.6 Å². The Hall–Kier alpha value is -3.21. The van der Waals surface area contributed by atoms with Crippen LogP contribution in [0.5, 0.6) is 0 Å². The van der Waals surface area contributed by atoms with E-state index in [1.165, 1.54) is 27.6 Å². The summed E-state index contributed by atoms with van der Waals surface area (Å²) >= 11 is 9.54. The molecule has 41 heavy (non-hydrogen) atoms. The van der Waals surface area contributed by atoms with Gasteiger partial charge in [0.2, 0.25) is 5.28 Å². The maximum Gasteiger partial charge on any atom is 0.416 e. The van der Waals surface area contributed by atoms with Crippen molar-refractivity contribution in [2.75, 3.05) is 4.90 Å². The van der Waals surface area contributed by atoms with Crippen molar-refractivity contribution < 1.29 is 19.1 Å². The van der Waals surface area contributed by atoms with Crippen molar-refractivity contribution in [2.24, 2.45) is 0 Å². The number of fused-ring (bicyclic) bond motifs is 1. The molecule has 1 unspecified atom stereocenters. The second kappa shape index (κ2) is 12.3. The number of hydrogen-bond acceptors (Lipinski definition) is 8. The first-order valence-corrected chi connectivity index (χ1v) is 15.3. The fraction of sp³-hybridized carbons (Fsp3) is 0.400. The molecule has 4 rings (SSSR count). The summed E-state index contributed by atoms with van der Waals surface area (Å²) in [5.74, 6) is 0.379. The van der Waals surface area contributed by atoms with E-state index < -0.39 is 23.4 Å². The summed E-state index contributed by atoms with van der Waals surface area (Å²) < 4.78 is 12.0. The van der Waals surface area contributed by atoms with Gasteiger partial charge in [-0.05, 0) is 77.1 Å². The molecule has 0 aliphatic rings. The van der Waals surface area contributed by atoms with Gasteiger partial charge in [-0.3, -0.25) is 4.90 Å². The zero-order valence-corrected chi connectivity index (χ0v) is 26.7. The zero-order chi connectivity index (χ0) is 29.9. The van der Waals surface area contributed by atoms with E-state index in [0.717, 1.165) is 20.9 Å². The van der Waals surface area contributed by atoms with E-state index in [4.69, 9.17) is 21.1 Å². The number of aromatic nitrogens is 2. The van der Waals surface area contributed by atoms with E-state index in [1.807, 2.05) is 96.3 Å². The summed E-state index contributed by atoms with van der Waals surface area (Å²) in [5.41, 5.74) is 1.15. The quantitative estimate of drug-likeness (QED) is 0.210.